The smallest absolute Gasteiger partial charge is 0.231 e. The van der Waals surface area contributed by atoms with Crippen molar-refractivity contribution in [1.82, 2.24) is 0 Å². The summed E-state index contributed by atoms with van der Waals surface area (Å²) in [6, 6.07) is 14.4. The van der Waals surface area contributed by atoms with Gasteiger partial charge in [-0.25, -0.2) is 0 Å². The molecule has 98 valence electrons. The van der Waals surface area contributed by atoms with E-state index < -0.39 is 0 Å². The van der Waals surface area contributed by atoms with Crippen LogP contribution in [0, 0.1) is 0 Å². The lowest BCUT2D eigenvalue weighted by Crippen LogP contribution is -2.18. The van der Waals surface area contributed by atoms with Gasteiger partial charge in [-0.3, -0.25) is 4.79 Å². The highest BCUT2D eigenvalue weighted by molar-refractivity contribution is 6.30. The minimum Gasteiger partial charge on any atom is -0.399 e. The van der Waals surface area contributed by atoms with Crippen molar-refractivity contribution < 1.29 is 4.79 Å². The first-order valence-corrected chi connectivity index (χ1v) is 6.36. The van der Waals surface area contributed by atoms with Crippen molar-refractivity contribution >= 4 is 28.9 Å². The second-order valence-corrected chi connectivity index (χ2v) is 4.82. The Morgan fingerprint density at radius 2 is 1.89 bits per heavy atom. The van der Waals surface area contributed by atoms with Gasteiger partial charge >= 0.3 is 0 Å². The van der Waals surface area contributed by atoms with Gasteiger partial charge in [0.15, 0.2) is 0 Å². The second kappa shape index (κ2) is 5.76. The predicted octanol–water partition coefficient (Wildman–Crippen LogP) is 3.66. The number of hydrogen-bond acceptors (Lipinski definition) is 2. The number of carbonyl (C=O) groups is 1. The maximum atomic E-state index is 12.1. The van der Waals surface area contributed by atoms with Crippen LogP contribution in [0.25, 0.3) is 0 Å². The van der Waals surface area contributed by atoms with Gasteiger partial charge in [0.25, 0.3) is 0 Å². The van der Waals surface area contributed by atoms with Gasteiger partial charge in [0.1, 0.15) is 0 Å². The van der Waals surface area contributed by atoms with E-state index in [1.54, 1.807) is 30.3 Å². The van der Waals surface area contributed by atoms with Gasteiger partial charge in [0, 0.05) is 16.4 Å². The molecule has 0 spiro atoms. The van der Waals surface area contributed by atoms with E-state index in [4.69, 9.17) is 17.3 Å². The molecule has 0 fully saturated rings. The second-order valence-electron chi connectivity index (χ2n) is 4.39. The SMILES string of the molecule is CC(C(=O)Nc1ccc(Cl)cc1)c1cccc(N)c1. The quantitative estimate of drug-likeness (QED) is 0.839. The molecule has 0 aliphatic rings. The van der Waals surface area contributed by atoms with Crippen LogP contribution in [-0.2, 0) is 4.79 Å². The first kappa shape index (κ1) is 13.4. The van der Waals surface area contributed by atoms with Gasteiger partial charge in [-0.05, 0) is 48.9 Å². The Labute approximate surface area is 117 Å². The van der Waals surface area contributed by atoms with Gasteiger partial charge in [-0.15, -0.1) is 0 Å². The predicted molar refractivity (Wildman–Crippen MR) is 79.4 cm³/mol. The monoisotopic (exact) mass is 274 g/mol. The van der Waals surface area contributed by atoms with Crippen LogP contribution in [-0.4, -0.2) is 5.91 Å². The fourth-order valence-electron chi connectivity index (χ4n) is 1.76. The molecular weight excluding hydrogens is 260 g/mol. The molecule has 0 saturated carbocycles. The van der Waals surface area contributed by atoms with Crippen LogP contribution in [0.4, 0.5) is 11.4 Å². The number of rotatable bonds is 3. The molecule has 1 amide bonds. The fourth-order valence-corrected chi connectivity index (χ4v) is 1.89. The zero-order valence-electron chi connectivity index (χ0n) is 10.6. The largest absolute Gasteiger partial charge is 0.399 e. The van der Waals surface area contributed by atoms with E-state index in [0.717, 1.165) is 11.3 Å². The number of halogens is 1. The molecule has 0 radical (unpaired) electrons. The summed E-state index contributed by atoms with van der Waals surface area (Å²) in [4.78, 5) is 12.1. The Kier molecular flexibility index (Phi) is 4.07. The van der Waals surface area contributed by atoms with E-state index in [-0.39, 0.29) is 11.8 Å². The van der Waals surface area contributed by atoms with Crippen molar-refractivity contribution in [2.45, 2.75) is 12.8 Å². The third-order valence-corrected chi connectivity index (χ3v) is 3.17. The molecule has 3 N–H and O–H groups in total. The summed E-state index contributed by atoms with van der Waals surface area (Å²) in [5, 5.41) is 3.49. The van der Waals surface area contributed by atoms with Crippen LogP contribution < -0.4 is 11.1 Å². The number of nitrogens with one attached hydrogen (secondary N) is 1. The Bertz CT molecular complexity index is 581. The summed E-state index contributed by atoms with van der Waals surface area (Å²) >= 11 is 5.80. The Hall–Kier alpha value is -2.00. The average molecular weight is 275 g/mol. The van der Waals surface area contributed by atoms with Crippen molar-refractivity contribution in [3.63, 3.8) is 0 Å². The van der Waals surface area contributed by atoms with E-state index in [1.165, 1.54) is 0 Å². The van der Waals surface area contributed by atoms with E-state index in [1.807, 2.05) is 25.1 Å². The number of benzene rings is 2. The zero-order valence-corrected chi connectivity index (χ0v) is 11.3. The van der Waals surface area contributed by atoms with E-state index in [2.05, 4.69) is 5.32 Å². The molecule has 4 heteroatoms. The third kappa shape index (κ3) is 3.48. The summed E-state index contributed by atoms with van der Waals surface area (Å²) in [6.45, 7) is 1.85. The summed E-state index contributed by atoms with van der Waals surface area (Å²) in [6.07, 6.45) is 0. The van der Waals surface area contributed by atoms with Gasteiger partial charge in [-0.1, -0.05) is 23.7 Å². The molecule has 3 nitrogen and oxygen atoms in total. The molecule has 0 aromatic heterocycles. The van der Waals surface area contributed by atoms with Crippen molar-refractivity contribution in [2.24, 2.45) is 0 Å². The highest BCUT2D eigenvalue weighted by Crippen LogP contribution is 2.20. The number of anilines is 2. The van der Waals surface area contributed by atoms with Gasteiger partial charge < -0.3 is 11.1 Å². The minimum atomic E-state index is -0.265. The topological polar surface area (TPSA) is 55.1 Å². The van der Waals surface area contributed by atoms with Crippen LogP contribution in [0.15, 0.2) is 48.5 Å². The van der Waals surface area contributed by atoms with Crippen molar-refractivity contribution in [1.29, 1.82) is 0 Å². The van der Waals surface area contributed by atoms with Crippen molar-refractivity contribution in [3.05, 3.63) is 59.1 Å². The lowest BCUT2D eigenvalue weighted by Gasteiger charge is -2.13. The first-order chi connectivity index (χ1) is 9.06. The van der Waals surface area contributed by atoms with Gasteiger partial charge in [-0.2, -0.15) is 0 Å². The molecule has 0 aliphatic carbocycles. The summed E-state index contributed by atoms with van der Waals surface area (Å²) < 4.78 is 0. The van der Waals surface area contributed by atoms with Crippen molar-refractivity contribution in [2.75, 3.05) is 11.1 Å². The molecule has 2 aromatic carbocycles. The number of hydrogen-bond donors (Lipinski definition) is 2. The Morgan fingerprint density at radius 1 is 1.21 bits per heavy atom. The zero-order chi connectivity index (χ0) is 13.8. The normalized spacial score (nSPS) is 11.9. The molecule has 0 saturated heterocycles. The average Bonchev–Trinajstić information content (AvgIpc) is 2.40. The van der Waals surface area contributed by atoms with E-state index >= 15 is 0 Å². The van der Waals surface area contributed by atoms with Crippen LogP contribution in [0.5, 0.6) is 0 Å². The van der Waals surface area contributed by atoms with E-state index in [0.29, 0.717) is 10.7 Å². The van der Waals surface area contributed by atoms with Gasteiger partial charge in [0.05, 0.1) is 5.92 Å². The van der Waals surface area contributed by atoms with Gasteiger partial charge in [0.2, 0.25) is 5.91 Å². The van der Waals surface area contributed by atoms with Crippen LogP contribution in [0.2, 0.25) is 5.02 Å². The summed E-state index contributed by atoms with van der Waals surface area (Å²) in [5.41, 5.74) is 8.00. The molecule has 1 atom stereocenters. The molecule has 0 bridgehead atoms. The summed E-state index contributed by atoms with van der Waals surface area (Å²) in [7, 11) is 0. The van der Waals surface area contributed by atoms with E-state index in [9.17, 15) is 4.79 Å². The summed E-state index contributed by atoms with van der Waals surface area (Å²) in [5.74, 6) is -0.341. The molecule has 2 aromatic rings. The molecule has 0 heterocycles. The minimum absolute atomic E-state index is 0.0760. The molecule has 1 unspecified atom stereocenters. The highest BCUT2D eigenvalue weighted by atomic mass is 35.5. The number of nitrogens with two attached hydrogens (primary N) is 1. The maximum absolute atomic E-state index is 12.1. The molecular formula is C15H15ClN2O. The lowest BCUT2D eigenvalue weighted by atomic mass is 10.00. The molecule has 2 rings (SSSR count). The van der Waals surface area contributed by atoms with Crippen molar-refractivity contribution in [3.8, 4) is 0 Å². The number of nitrogen functional groups attached to an aromatic ring is 1. The van der Waals surface area contributed by atoms with Crippen LogP contribution >= 0.6 is 11.6 Å². The number of amides is 1. The van der Waals surface area contributed by atoms with Crippen LogP contribution in [0.3, 0.4) is 0 Å². The van der Waals surface area contributed by atoms with Crippen LogP contribution in [0.1, 0.15) is 18.4 Å². The molecule has 19 heavy (non-hydrogen) atoms. The molecule has 0 aliphatic heterocycles. The number of carbonyl (C=O) groups excluding carboxylic acids is 1. The third-order valence-electron chi connectivity index (χ3n) is 2.92. The Balaban J connectivity index is 2.09. The lowest BCUT2D eigenvalue weighted by molar-refractivity contribution is -0.117. The highest BCUT2D eigenvalue weighted by Gasteiger charge is 2.15. The maximum Gasteiger partial charge on any atom is 0.231 e. The first-order valence-electron chi connectivity index (χ1n) is 5.98. The Morgan fingerprint density at radius 3 is 2.53 bits per heavy atom. The standard InChI is InChI=1S/C15H15ClN2O/c1-10(11-3-2-4-13(17)9-11)15(19)18-14-7-5-12(16)6-8-14/h2-10H,17H2,1H3,(H,18,19). The fraction of sp³-hybridized carbons (Fsp3) is 0.133.